The normalized spacial score (nSPS) is 16.0. The number of nitrogens with zero attached hydrogens (tertiary/aromatic N) is 4. The Bertz CT molecular complexity index is 1820. The Kier molecular flexibility index (Phi) is 6.31. The van der Waals surface area contributed by atoms with E-state index in [1.807, 2.05) is 29.2 Å². The molecule has 2 fully saturated rings. The van der Waals surface area contributed by atoms with Crippen molar-refractivity contribution < 1.29 is 13.9 Å². The lowest BCUT2D eigenvalue weighted by molar-refractivity contribution is -0.126. The number of pyridine rings is 1. The minimum Gasteiger partial charge on any atom is -0.378 e. The van der Waals surface area contributed by atoms with Crippen molar-refractivity contribution in [1.82, 2.24) is 9.88 Å². The Morgan fingerprint density at radius 1 is 0.927 bits per heavy atom. The van der Waals surface area contributed by atoms with Crippen LogP contribution in [-0.2, 0) is 9.53 Å². The fourth-order valence-electron chi connectivity index (χ4n) is 6.21. The van der Waals surface area contributed by atoms with Crippen LogP contribution in [-0.4, -0.2) is 68.3 Å². The molecule has 0 N–H and O–H groups in total. The summed E-state index contributed by atoms with van der Waals surface area (Å²) >= 11 is 0. The summed E-state index contributed by atoms with van der Waals surface area (Å²) in [6.45, 7) is 7.21. The van der Waals surface area contributed by atoms with Crippen LogP contribution >= 0.6 is 0 Å². The monoisotopic (exact) mass is 546 g/mol. The SMILES string of the molecule is C=CC(=O)N1CCN(c2ccc3c(N4CC(OC)C4)nc4cc(-c5cccc6ccccc56)ccc4c3c2F)CC1. The molecule has 6 nitrogen and oxygen atoms in total. The summed E-state index contributed by atoms with van der Waals surface area (Å²) < 4.78 is 22.2. The van der Waals surface area contributed by atoms with Gasteiger partial charge in [-0.25, -0.2) is 9.37 Å². The Labute approximate surface area is 238 Å². The van der Waals surface area contributed by atoms with Crippen LogP contribution in [0.25, 0.3) is 43.6 Å². The van der Waals surface area contributed by atoms with E-state index in [9.17, 15) is 4.79 Å². The van der Waals surface area contributed by atoms with Crippen molar-refractivity contribution >= 4 is 49.9 Å². The van der Waals surface area contributed by atoms with Crippen molar-refractivity contribution in [3.8, 4) is 11.1 Å². The van der Waals surface area contributed by atoms with Crippen LogP contribution in [0.4, 0.5) is 15.9 Å². The summed E-state index contributed by atoms with van der Waals surface area (Å²) in [7, 11) is 1.72. The van der Waals surface area contributed by atoms with Crippen LogP contribution in [0.5, 0.6) is 0 Å². The summed E-state index contributed by atoms with van der Waals surface area (Å²) in [4.78, 5) is 23.1. The molecule has 0 unspecified atom stereocenters. The molecule has 2 aliphatic heterocycles. The van der Waals surface area contributed by atoms with Crippen LogP contribution in [0.3, 0.4) is 0 Å². The standard InChI is InChI=1S/C34H31FN4O2/c1-3-31(40)38-17-15-37(16-18-38)30-14-13-28-32(33(30)35)27-12-11-23(26-10-6-8-22-7-4-5-9-25(22)26)19-29(27)36-34(28)39-20-24(21-39)41-2/h3-14,19,24H,1,15-18,20-21H2,2H3. The summed E-state index contributed by atoms with van der Waals surface area (Å²) in [6, 6.07) is 24.7. The second-order valence-electron chi connectivity index (χ2n) is 10.8. The molecule has 0 aliphatic carbocycles. The first-order valence-corrected chi connectivity index (χ1v) is 14.0. The number of hydrogen-bond acceptors (Lipinski definition) is 5. The molecule has 206 valence electrons. The molecule has 0 atom stereocenters. The van der Waals surface area contributed by atoms with Gasteiger partial charge >= 0.3 is 0 Å². The van der Waals surface area contributed by atoms with Crippen molar-refractivity contribution in [2.45, 2.75) is 6.10 Å². The van der Waals surface area contributed by atoms with E-state index >= 15 is 4.39 Å². The van der Waals surface area contributed by atoms with Crippen molar-refractivity contribution in [2.75, 3.05) is 56.2 Å². The van der Waals surface area contributed by atoms with Gasteiger partial charge in [-0.1, -0.05) is 61.2 Å². The lowest BCUT2D eigenvalue weighted by atomic mass is 9.95. The third-order valence-corrected chi connectivity index (χ3v) is 8.54. The number of rotatable bonds is 5. The second-order valence-corrected chi connectivity index (χ2v) is 10.8. The minimum absolute atomic E-state index is 0.0868. The van der Waals surface area contributed by atoms with E-state index in [0.29, 0.717) is 37.3 Å². The maximum Gasteiger partial charge on any atom is 0.246 e. The van der Waals surface area contributed by atoms with Gasteiger partial charge < -0.3 is 19.4 Å². The average molecular weight is 547 g/mol. The topological polar surface area (TPSA) is 48.9 Å². The highest BCUT2D eigenvalue weighted by atomic mass is 19.1. The van der Waals surface area contributed by atoms with Crippen molar-refractivity contribution in [3.63, 3.8) is 0 Å². The lowest BCUT2D eigenvalue weighted by Crippen LogP contribution is -2.52. The molecule has 4 aromatic carbocycles. The zero-order valence-electron chi connectivity index (χ0n) is 23.0. The second kappa shape index (κ2) is 10.2. The van der Waals surface area contributed by atoms with Gasteiger partial charge in [0.15, 0.2) is 5.82 Å². The first-order chi connectivity index (χ1) is 20.1. The summed E-state index contributed by atoms with van der Waals surface area (Å²) in [5.41, 5.74) is 3.48. The number of carbonyl (C=O) groups excluding carboxylic acids is 1. The van der Waals surface area contributed by atoms with Gasteiger partial charge in [0.1, 0.15) is 5.82 Å². The number of ether oxygens (including phenoxy) is 1. The molecule has 2 aliphatic rings. The third kappa shape index (κ3) is 4.28. The van der Waals surface area contributed by atoms with E-state index in [0.717, 1.165) is 46.3 Å². The predicted octanol–water partition coefficient (Wildman–Crippen LogP) is 6.02. The van der Waals surface area contributed by atoms with E-state index in [1.54, 1.807) is 12.0 Å². The fraction of sp³-hybridized carbons (Fsp3) is 0.235. The molecular formula is C34H31FN4O2. The van der Waals surface area contributed by atoms with Crippen LogP contribution < -0.4 is 9.80 Å². The molecule has 1 aromatic heterocycles. The molecule has 2 saturated heterocycles. The van der Waals surface area contributed by atoms with Gasteiger partial charge in [0.05, 0.1) is 17.3 Å². The number of methoxy groups -OCH3 is 1. The van der Waals surface area contributed by atoms with Crippen LogP contribution in [0.15, 0.2) is 85.5 Å². The zero-order valence-corrected chi connectivity index (χ0v) is 23.0. The number of anilines is 2. The molecule has 0 radical (unpaired) electrons. The number of aromatic nitrogens is 1. The Morgan fingerprint density at radius 3 is 2.46 bits per heavy atom. The third-order valence-electron chi connectivity index (χ3n) is 8.54. The molecule has 1 amide bonds. The maximum atomic E-state index is 16.6. The number of halogens is 1. The van der Waals surface area contributed by atoms with Gasteiger partial charge in [-0.2, -0.15) is 0 Å². The molecule has 5 aromatic rings. The number of piperazine rings is 1. The number of carbonyl (C=O) groups is 1. The van der Waals surface area contributed by atoms with Gasteiger partial charge in [-0.15, -0.1) is 0 Å². The van der Waals surface area contributed by atoms with Crippen molar-refractivity contribution in [1.29, 1.82) is 0 Å². The largest absolute Gasteiger partial charge is 0.378 e. The highest BCUT2D eigenvalue weighted by Crippen LogP contribution is 2.40. The molecule has 0 spiro atoms. The van der Waals surface area contributed by atoms with Gasteiger partial charge in [0, 0.05) is 62.5 Å². The van der Waals surface area contributed by atoms with E-state index in [4.69, 9.17) is 9.72 Å². The maximum absolute atomic E-state index is 16.6. The first kappa shape index (κ1) is 25.5. The number of amides is 1. The quantitative estimate of drug-likeness (QED) is 0.199. The molecule has 0 saturated carbocycles. The van der Waals surface area contributed by atoms with Gasteiger partial charge in [-0.05, 0) is 46.2 Å². The summed E-state index contributed by atoms with van der Waals surface area (Å²) in [5, 5.41) is 4.51. The molecule has 0 bridgehead atoms. The number of fused-ring (bicyclic) bond motifs is 4. The Hall–Kier alpha value is -4.49. The van der Waals surface area contributed by atoms with Gasteiger partial charge in [-0.3, -0.25) is 4.79 Å². The smallest absolute Gasteiger partial charge is 0.246 e. The Balaban J connectivity index is 1.37. The van der Waals surface area contributed by atoms with E-state index < -0.39 is 0 Å². The number of benzene rings is 4. The summed E-state index contributed by atoms with van der Waals surface area (Å²) in [6.07, 6.45) is 1.48. The lowest BCUT2D eigenvalue weighted by Gasteiger charge is -2.40. The predicted molar refractivity (Wildman–Crippen MR) is 164 cm³/mol. The fourth-order valence-corrected chi connectivity index (χ4v) is 6.21. The molecule has 7 heteroatoms. The van der Waals surface area contributed by atoms with Crippen molar-refractivity contribution in [2.24, 2.45) is 0 Å². The van der Waals surface area contributed by atoms with Gasteiger partial charge in [0.2, 0.25) is 5.91 Å². The van der Waals surface area contributed by atoms with E-state index in [1.165, 1.54) is 16.8 Å². The van der Waals surface area contributed by atoms with Gasteiger partial charge in [0.25, 0.3) is 0 Å². The summed E-state index contributed by atoms with van der Waals surface area (Å²) in [5.74, 6) is 0.445. The minimum atomic E-state index is -0.249. The number of hydrogen-bond donors (Lipinski definition) is 0. The van der Waals surface area contributed by atoms with E-state index in [2.05, 4.69) is 60.0 Å². The zero-order chi connectivity index (χ0) is 28.1. The molecule has 41 heavy (non-hydrogen) atoms. The molecule has 3 heterocycles. The average Bonchev–Trinajstić information content (AvgIpc) is 2.99. The molecule has 7 rings (SSSR count). The van der Waals surface area contributed by atoms with E-state index in [-0.39, 0.29) is 17.8 Å². The first-order valence-electron chi connectivity index (χ1n) is 14.0. The van der Waals surface area contributed by atoms with Crippen LogP contribution in [0.1, 0.15) is 0 Å². The highest BCUT2D eigenvalue weighted by Gasteiger charge is 2.31. The Morgan fingerprint density at radius 2 is 1.68 bits per heavy atom. The van der Waals surface area contributed by atoms with Crippen LogP contribution in [0.2, 0.25) is 0 Å². The van der Waals surface area contributed by atoms with Crippen LogP contribution in [0, 0.1) is 5.82 Å². The highest BCUT2D eigenvalue weighted by molar-refractivity contribution is 6.13. The van der Waals surface area contributed by atoms with Crippen molar-refractivity contribution in [3.05, 3.63) is 91.3 Å². The molecular weight excluding hydrogens is 515 g/mol.